The predicted octanol–water partition coefficient (Wildman–Crippen LogP) is 7.06. The summed E-state index contributed by atoms with van der Waals surface area (Å²) < 4.78 is 29.0. The van der Waals surface area contributed by atoms with Crippen LogP contribution in [-0.4, -0.2) is 65.4 Å². The van der Waals surface area contributed by atoms with Gasteiger partial charge in [0.25, 0.3) is 0 Å². The van der Waals surface area contributed by atoms with E-state index in [9.17, 15) is 0 Å². The Labute approximate surface area is 267 Å². The largest absolute Gasteiger partial charge is 0.493 e. The van der Waals surface area contributed by atoms with Crippen LogP contribution in [0, 0.1) is 0 Å². The van der Waals surface area contributed by atoms with Gasteiger partial charge in [-0.15, -0.1) is 0 Å². The van der Waals surface area contributed by atoms with Crippen molar-refractivity contribution in [3.8, 4) is 34.5 Å². The van der Waals surface area contributed by atoms with Crippen LogP contribution in [0.2, 0.25) is 0 Å². The van der Waals surface area contributed by atoms with Gasteiger partial charge >= 0.3 is 0 Å². The van der Waals surface area contributed by atoms with Gasteiger partial charge in [-0.1, -0.05) is 30.3 Å². The molecular formula is C38H44N2O5. The molecule has 0 aromatic heterocycles. The normalized spacial score (nSPS) is 18.1. The van der Waals surface area contributed by atoms with Gasteiger partial charge in [0, 0.05) is 25.2 Å². The Balaban J connectivity index is 1.20. The summed E-state index contributed by atoms with van der Waals surface area (Å²) in [5.41, 5.74) is 7.67. The molecule has 2 atom stereocenters. The Bertz CT molecular complexity index is 1640. The van der Waals surface area contributed by atoms with Crippen LogP contribution in [0.1, 0.15) is 45.5 Å². The summed E-state index contributed by atoms with van der Waals surface area (Å²) in [5, 5.41) is 0. The minimum atomic E-state index is 0.203. The lowest BCUT2D eigenvalue weighted by atomic mass is 9.88. The minimum absolute atomic E-state index is 0.203. The van der Waals surface area contributed by atoms with E-state index in [4.69, 9.17) is 23.7 Å². The number of nitrogens with zero attached hydrogens (tertiary/aromatic N) is 2. The molecule has 2 aliphatic rings. The maximum absolute atomic E-state index is 6.53. The smallest absolute Gasteiger partial charge is 0.161 e. The molecule has 0 N–H and O–H groups in total. The second kappa shape index (κ2) is 13.4. The molecule has 45 heavy (non-hydrogen) atoms. The van der Waals surface area contributed by atoms with E-state index < -0.39 is 0 Å². The van der Waals surface area contributed by atoms with E-state index >= 15 is 0 Å². The van der Waals surface area contributed by atoms with Crippen LogP contribution in [0.3, 0.4) is 0 Å². The Hall–Kier alpha value is -4.20. The Kier molecular flexibility index (Phi) is 9.19. The maximum atomic E-state index is 6.53. The lowest BCUT2D eigenvalue weighted by Gasteiger charge is -2.35. The number of hydrogen-bond acceptors (Lipinski definition) is 7. The molecule has 0 radical (unpaired) electrons. The quantitative estimate of drug-likeness (QED) is 0.191. The zero-order valence-corrected chi connectivity index (χ0v) is 27.3. The summed E-state index contributed by atoms with van der Waals surface area (Å²) in [7, 11) is 11.2. The average Bonchev–Trinajstić information content (AvgIpc) is 3.07. The summed E-state index contributed by atoms with van der Waals surface area (Å²) in [6.45, 7) is 1.99. The predicted molar refractivity (Wildman–Crippen MR) is 178 cm³/mol. The van der Waals surface area contributed by atoms with E-state index in [-0.39, 0.29) is 12.1 Å². The SMILES string of the molecule is COc1cc2c(cc1OC)[C@@H](Cc1ccc(Oc3ccccc3C[C@@H]3c4cc(OC)c(OC)cc4CCN3C)cc1)N(C)CC2. The zero-order chi connectivity index (χ0) is 31.5. The molecule has 0 aliphatic carbocycles. The molecule has 0 spiro atoms. The standard InChI is InChI=1S/C38H44N2O5/c1-39-17-15-26-21-35(41-3)37(43-5)23-30(26)32(39)19-25-11-13-29(14-12-25)45-34-10-8-7-9-28(34)20-33-31-24-38(44-6)36(42-4)22-27(31)16-18-40(33)2/h7-14,21-24,32-33H,15-20H2,1-6H3/t32-,33-/m1/s1. The van der Waals surface area contributed by atoms with Crippen LogP contribution in [0.25, 0.3) is 0 Å². The number of fused-ring (bicyclic) bond motifs is 2. The third-order valence-electron chi connectivity index (χ3n) is 9.51. The van der Waals surface area contributed by atoms with Gasteiger partial charge in [-0.05, 0) is 116 Å². The van der Waals surface area contributed by atoms with Gasteiger partial charge in [-0.25, -0.2) is 0 Å². The van der Waals surface area contributed by atoms with Crippen molar-refractivity contribution in [1.29, 1.82) is 0 Å². The number of para-hydroxylation sites is 1. The summed E-state index contributed by atoms with van der Waals surface area (Å²) in [6.07, 6.45) is 3.71. The fourth-order valence-electron chi connectivity index (χ4n) is 6.86. The topological polar surface area (TPSA) is 52.6 Å². The number of rotatable bonds is 10. The van der Waals surface area contributed by atoms with Gasteiger partial charge in [0.1, 0.15) is 11.5 Å². The molecule has 0 fully saturated rings. The van der Waals surface area contributed by atoms with Crippen molar-refractivity contribution in [3.05, 3.63) is 106 Å². The fourth-order valence-corrected chi connectivity index (χ4v) is 6.86. The molecular weight excluding hydrogens is 564 g/mol. The van der Waals surface area contributed by atoms with Gasteiger partial charge in [0.05, 0.1) is 28.4 Å². The van der Waals surface area contributed by atoms with Gasteiger partial charge in [0.15, 0.2) is 23.0 Å². The van der Waals surface area contributed by atoms with E-state index in [2.05, 4.69) is 90.6 Å². The van der Waals surface area contributed by atoms with Crippen molar-refractivity contribution < 1.29 is 23.7 Å². The molecule has 236 valence electrons. The van der Waals surface area contributed by atoms with Crippen LogP contribution in [0.4, 0.5) is 0 Å². The molecule has 4 aromatic carbocycles. The van der Waals surface area contributed by atoms with Crippen LogP contribution in [0.5, 0.6) is 34.5 Å². The monoisotopic (exact) mass is 608 g/mol. The minimum Gasteiger partial charge on any atom is -0.493 e. The highest BCUT2D eigenvalue weighted by Crippen LogP contribution is 2.41. The zero-order valence-electron chi connectivity index (χ0n) is 27.3. The lowest BCUT2D eigenvalue weighted by molar-refractivity contribution is 0.227. The molecule has 7 nitrogen and oxygen atoms in total. The third-order valence-corrected chi connectivity index (χ3v) is 9.51. The van der Waals surface area contributed by atoms with Crippen molar-refractivity contribution in [1.82, 2.24) is 9.80 Å². The van der Waals surface area contributed by atoms with Crippen LogP contribution >= 0.6 is 0 Å². The van der Waals surface area contributed by atoms with Crippen LogP contribution in [-0.2, 0) is 25.7 Å². The van der Waals surface area contributed by atoms with Crippen molar-refractivity contribution in [3.63, 3.8) is 0 Å². The van der Waals surface area contributed by atoms with Crippen LogP contribution < -0.4 is 23.7 Å². The molecule has 0 saturated carbocycles. The lowest BCUT2D eigenvalue weighted by Crippen LogP contribution is -2.33. The summed E-state index contributed by atoms with van der Waals surface area (Å²) in [5.74, 6) is 4.84. The molecule has 0 unspecified atom stereocenters. The van der Waals surface area contributed by atoms with E-state index in [0.717, 1.165) is 73.3 Å². The van der Waals surface area contributed by atoms with Gasteiger partial charge in [-0.3, -0.25) is 9.80 Å². The first-order valence-electron chi connectivity index (χ1n) is 15.7. The number of hydrogen-bond donors (Lipinski definition) is 0. The molecule has 0 saturated heterocycles. The first kappa shape index (κ1) is 30.8. The van der Waals surface area contributed by atoms with Crippen molar-refractivity contribution in [2.75, 3.05) is 55.6 Å². The average molecular weight is 609 g/mol. The molecule has 0 amide bonds. The highest BCUT2D eigenvalue weighted by atomic mass is 16.5. The van der Waals surface area contributed by atoms with E-state index in [1.807, 2.05) is 6.07 Å². The molecule has 0 bridgehead atoms. The molecule has 2 aliphatic heterocycles. The first-order valence-corrected chi connectivity index (χ1v) is 15.7. The van der Waals surface area contributed by atoms with Crippen molar-refractivity contribution in [2.24, 2.45) is 0 Å². The molecule has 7 heteroatoms. The third kappa shape index (κ3) is 6.33. The summed E-state index contributed by atoms with van der Waals surface area (Å²) in [6, 6.07) is 25.9. The number of methoxy groups -OCH3 is 4. The summed E-state index contributed by atoms with van der Waals surface area (Å²) in [4.78, 5) is 4.85. The van der Waals surface area contributed by atoms with Gasteiger partial charge in [0.2, 0.25) is 0 Å². The fraction of sp³-hybridized carbons (Fsp3) is 0.368. The Morgan fingerprint density at radius 2 is 1.07 bits per heavy atom. The van der Waals surface area contributed by atoms with E-state index in [0.29, 0.717) is 0 Å². The first-order chi connectivity index (χ1) is 21.9. The highest BCUT2D eigenvalue weighted by Gasteiger charge is 2.29. The molecule has 2 heterocycles. The highest BCUT2D eigenvalue weighted by molar-refractivity contribution is 5.51. The van der Waals surface area contributed by atoms with E-state index in [1.54, 1.807) is 28.4 Å². The summed E-state index contributed by atoms with van der Waals surface area (Å²) >= 11 is 0. The maximum Gasteiger partial charge on any atom is 0.161 e. The van der Waals surface area contributed by atoms with E-state index in [1.165, 1.54) is 33.4 Å². The van der Waals surface area contributed by atoms with Gasteiger partial charge < -0.3 is 23.7 Å². The molecule has 4 aromatic rings. The number of ether oxygens (including phenoxy) is 5. The molecule has 6 rings (SSSR count). The van der Waals surface area contributed by atoms with Crippen molar-refractivity contribution in [2.45, 2.75) is 37.8 Å². The Morgan fingerprint density at radius 3 is 1.60 bits per heavy atom. The second-order valence-corrected chi connectivity index (χ2v) is 12.1. The number of benzene rings is 4. The second-order valence-electron chi connectivity index (χ2n) is 12.1. The van der Waals surface area contributed by atoms with Gasteiger partial charge in [-0.2, -0.15) is 0 Å². The number of likely N-dealkylation sites (N-methyl/N-ethyl adjacent to an activating group) is 2. The Morgan fingerprint density at radius 1 is 0.578 bits per heavy atom. The van der Waals surface area contributed by atoms with Crippen molar-refractivity contribution >= 4 is 0 Å². The van der Waals surface area contributed by atoms with Crippen LogP contribution in [0.15, 0.2) is 72.8 Å².